The van der Waals surface area contributed by atoms with Crippen molar-refractivity contribution in [1.29, 1.82) is 0 Å². The second kappa shape index (κ2) is 8.67. The van der Waals surface area contributed by atoms with Crippen molar-refractivity contribution in [1.82, 2.24) is 10.2 Å². The van der Waals surface area contributed by atoms with E-state index in [1.54, 1.807) is 0 Å². The summed E-state index contributed by atoms with van der Waals surface area (Å²) in [5.74, 6) is 0.682. The number of nitrogens with zero attached hydrogens (tertiary/aromatic N) is 1. The van der Waals surface area contributed by atoms with Crippen molar-refractivity contribution in [3.63, 3.8) is 0 Å². The van der Waals surface area contributed by atoms with Gasteiger partial charge < -0.3 is 15.0 Å². The van der Waals surface area contributed by atoms with Crippen LogP contribution in [0.1, 0.15) is 28.3 Å². The summed E-state index contributed by atoms with van der Waals surface area (Å²) >= 11 is 0. The Hall–Kier alpha value is -2.33. The number of carbonyl (C=O) groups is 1. The van der Waals surface area contributed by atoms with Crippen molar-refractivity contribution in [2.75, 3.05) is 27.2 Å². The Morgan fingerprint density at radius 1 is 1.04 bits per heavy atom. The van der Waals surface area contributed by atoms with Gasteiger partial charge >= 0.3 is 0 Å². The van der Waals surface area contributed by atoms with Gasteiger partial charge in [0.15, 0.2) is 6.61 Å². The van der Waals surface area contributed by atoms with Crippen molar-refractivity contribution >= 4 is 5.91 Å². The summed E-state index contributed by atoms with van der Waals surface area (Å²) in [5, 5.41) is 2.98. The summed E-state index contributed by atoms with van der Waals surface area (Å²) in [7, 11) is 4.04. The minimum atomic E-state index is -0.110. The summed E-state index contributed by atoms with van der Waals surface area (Å²) in [5.41, 5.74) is 4.50. The Balaban J connectivity index is 1.92. The van der Waals surface area contributed by atoms with Gasteiger partial charge in [0.2, 0.25) is 0 Å². The van der Waals surface area contributed by atoms with Crippen LogP contribution in [0.4, 0.5) is 0 Å². The van der Waals surface area contributed by atoms with E-state index in [1.165, 1.54) is 11.1 Å². The predicted octanol–water partition coefficient (Wildman–Crippen LogP) is 3.41. The van der Waals surface area contributed by atoms with E-state index >= 15 is 0 Å². The lowest BCUT2D eigenvalue weighted by Gasteiger charge is -2.25. The first-order chi connectivity index (χ1) is 11.9. The maximum atomic E-state index is 12.2. The van der Waals surface area contributed by atoms with Crippen LogP contribution in [0.15, 0.2) is 42.5 Å². The van der Waals surface area contributed by atoms with Crippen LogP contribution in [0, 0.1) is 20.8 Å². The van der Waals surface area contributed by atoms with Gasteiger partial charge in [-0.05, 0) is 51.6 Å². The van der Waals surface area contributed by atoms with Gasteiger partial charge in [0.25, 0.3) is 5.91 Å². The molecule has 4 nitrogen and oxygen atoms in total. The number of nitrogens with one attached hydrogen (secondary N) is 1. The zero-order valence-electron chi connectivity index (χ0n) is 15.8. The average molecular weight is 340 g/mol. The second-order valence-electron chi connectivity index (χ2n) is 6.70. The fourth-order valence-corrected chi connectivity index (χ4v) is 2.81. The van der Waals surface area contributed by atoms with E-state index in [4.69, 9.17) is 4.74 Å². The SMILES string of the molecule is Cc1ccc(C(CNC(=O)COc2c(C)cccc2C)N(C)C)cc1. The van der Waals surface area contributed by atoms with Crippen molar-refractivity contribution in [2.24, 2.45) is 0 Å². The molecule has 0 aliphatic heterocycles. The molecule has 1 atom stereocenters. The van der Waals surface area contributed by atoms with Crippen LogP contribution in [-0.4, -0.2) is 38.1 Å². The lowest BCUT2D eigenvalue weighted by molar-refractivity contribution is -0.123. The lowest BCUT2D eigenvalue weighted by atomic mass is 10.0. The Bertz CT molecular complexity index is 688. The third-order valence-corrected chi connectivity index (χ3v) is 4.33. The highest BCUT2D eigenvalue weighted by molar-refractivity contribution is 5.77. The Labute approximate surface area is 150 Å². The first kappa shape index (κ1) is 19.0. The predicted molar refractivity (Wildman–Crippen MR) is 102 cm³/mol. The molecule has 0 aromatic heterocycles. The van der Waals surface area contributed by atoms with E-state index in [-0.39, 0.29) is 18.6 Å². The minimum absolute atomic E-state index is 0.0275. The fraction of sp³-hybridized carbons (Fsp3) is 0.381. The molecule has 0 aliphatic carbocycles. The molecule has 0 aliphatic rings. The molecule has 1 N–H and O–H groups in total. The topological polar surface area (TPSA) is 41.6 Å². The molecule has 25 heavy (non-hydrogen) atoms. The summed E-state index contributed by atoms with van der Waals surface area (Å²) in [6, 6.07) is 14.5. The number of rotatable bonds is 7. The van der Waals surface area contributed by atoms with Crippen LogP contribution in [0.25, 0.3) is 0 Å². The van der Waals surface area contributed by atoms with E-state index in [0.717, 1.165) is 16.9 Å². The molecule has 0 spiro atoms. The molecule has 1 unspecified atom stereocenters. The number of likely N-dealkylation sites (N-methyl/N-ethyl adjacent to an activating group) is 1. The highest BCUT2D eigenvalue weighted by Crippen LogP contribution is 2.22. The van der Waals surface area contributed by atoms with E-state index in [9.17, 15) is 4.79 Å². The van der Waals surface area contributed by atoms with Gasteiger partial charge in [0.1, 0.15) is 5.75 Å². The highest BCUT2D eigenvalue weighted by atomic mass is 16.5. The third-order valence-electron chi connectivity index (χ3n) is 4.33. The molecule has 2 aromatic carbocycles. The van der Waals surface area contributed by atoms with E-state index in [2.05, 4.69) is 41.4 Å². The normalized spacial score (nSPS) is 12.1. The third kappa shape index (κ3) is 5.33. The van der Waals surface area contributed by atoms with E-state index in [0.29, 0.717) is 6.54 Å². The van der Waals surface area contributed by atoms with Crippen LogP contribution >= 0.6 is 0 Å². The van der Waals surface area contributed by atoms with Crippen LogP contribution in [0.3, 0.4) is 0 Å². The number of hydrogen-bond acceptors (Lipinski definition) is 3. The molecular formula is C21H28N2O2. The van der Waals surface area contributed by atoms with Crippen molar-refractivity contribution in [3.8, 4) is 5.75 Å². The molecule has 0 bridgehead atoms. The number of carbonyl (C=O) groups excluding carboxylic acids is 1. The zero-order chi connectivity index (χ0) is 18.4. The Morgan fingerprint density at radius 2 is 1.64 bits per heavy atom. The van der Waals surface area contributed by atoms with Gasteiger partial charge in [-0.2, -0.15) is 0 Å². The largest absolute Gasteiger partial charge is 0.483 e. The van der Waals surface area contributed by atoms with Gasteiger partial charge in [-0.3, -0.25) is 4.79 Å². The molecule has 134 valence electrons. The number of benzene rings is 2. The number of ether oxygens (including phenoxy) is 1. The molecule has 0 heterocycles. The summed E-state index contributed by atoms with van der Waals surface area (Å²) in [6.07, 6.45) is 0. The van der Waals surface area contributed by atoms with E-state index < -0.39 is 0 Å². The minimum Gasteiger partial charge on any atom is -0.483 e. The smallest absolute Gasteiger partial charge is 0.258 e. The van der Waals surface area contributed by atoms with Crippen molar-refractivity contribution < 1.29 is 9.53 Å². The van der Waals surface area contributed by atoms with Gasteiger partial charge in [0, 0.05) is 6.54 Å². The molecule has 0 fully saturated rings. The highest BCUT2D eigenvalue weighted by Gasteiger charge is 2.15. The first-order valence-corrected chi connectivity index (χ1v) is 8.57. The molecule has 2 rings (SSSR count). The molecule has 0 saturated heterocycles. The van der Waals surface area contributed by atoms with Crippen LogP contribution in [-0.2, 0) is 4.79 Å². The Kier molecular flexibility index (Phi) is 6.59. The maximum Gasteiger partial charge on any atom is 0.258 e. The number of amides is 1. The summed E-state index contributed by atoms with van der Waals surface area (Å²) < 4.78 is 5.72. The quantitative estimate of drug-likeness (QED) is 0.840. The van der Waals surface area contributed by atoms with Crippen molar-refractivity contribution in [3.05, 3.63) is 64.7 Å². The van der Waals surface area contributed by atoms with Gasteiger partial charge in [-0.25, -0.2) is 0 Å². The van der Waals surface area contributed by atoms with Gasteiger partial charge in [0.05, 0.1) is 6.04 Å². The van der Waals surface area contributed by atoms with Gasteiger partial charge in [-0.15, -0.1) is 0 Å². The maximum absolute atomic E-state index is 12.2. The van der Waals surface area contributed by atoms with Crippen LogP contribution < -0.4 is 10.1 Å². The molecule has 0 saturated carbocycles. The van der Waals surface area contributed by atoms with Gasteiger partial charge in [-0.1, -0.05) is 48.0 Å². The number of para-hydroxylation sites is 1. The summed E-state index contributed by atoms with van der Waals surface area (Å²) in [6.45, 7) is 6.62. The average Bonchev–Trinajstić information content (AvgIpc) is 2.56. The second-order valence-corrected chi connectivity index (χ2v) is 6.70. The standard InChI is InChI=1S/C21H28N2O2/c1-15-9-11-18(12-10-15)19(23(4)5)13-22-20(24)14-25-21-16(2)7-6-8-17(21)3/h6-12,19H,13-14H2,1-5H3,(H,22,24). The van der Waals surface area contributed by atoms with E-state index in [1.807, 2.05) is 46.1 Å². The number of aryl methyl sites for hydroxylation is 3. The number of hydrogen-bond donors (Lipinski definition) is 1. The molecule has 4 heteroatoms. The molecule has 0 radical (unpaired) electrons. The monoisotopic (exact) mass is 340 g/mol. The summed E-state index contributed by atoms with van der Waals surface area (Å²) in [4.78, 5) is 14.3. The molecular weight excluding hydrogens is 312 g/mol. The van der Waals surface area contributed by atoms with Crippen molar-refractivity contribution in [2.45, 2.75) is 26.8 Å². The van der Waals surface area contributed by atoms with Crippen LogP contribution in [0.2, 0.25) is 0 Å². The Morgan fingerprint density at radius 3 is 2.20 bits per heavy atom. The van der Waals surface area contributed by atoms with Crippen LogP contribution in [0.5, 0.6) is 5.75 Å². The molecule has 1 amide bonds. The molecule has 2 aromatic rings. The first-order valence-electron chi connectivity index (χ1n) is 8.57. The fourth-order valence-electron chi connectivity index (χ4n) is 2.81. The lowest BCUT2D eigenvalue weighted by Crippen LogP contribution is -2.37. The zero-order valence-corrected chi connectivity index (χ0v) is 15.8.